The predicted molar refractivity (Wildman–Crippen MR) is 111 cm³/mol. The maximum absolute atomic E-state index is 12.9. The van der Waals surface area contributed by atoms with Gasteiger partial charge in [0.1, 0.15) is 5.56 Å². The van der Waals surface area contributed by atoms with Crippen molar-refractivity contribution in [2.24, 2.45) is 0 Å². The van der Waals surface area contributed by atoms with E-state index in [2.05, 4.69) is 16.0 Å². The van der Waals surface area contributed by atoms with Crippen LogP contribution in [0, 0.1) is 0 Å². The fourth-order valence-electron chi connectivity index (χ4n) is 3.77. The molecule has 2 heterocycles. The molecule has 0 saturated heterocycles. The normalized spacial score (nSPS) is 14.1. The second-order valence-electron chi connectivity index (χ2n) is 6.95. The molecular weight excluding hydrogens is 356 g/mol. The molecule has 5 heteroatoms. The Morgan fingerprint density at radius 1 is 1.19 bits per heavy atom. The zero-order valence-electron chi connectivity index (χ0n) is 15.5. The van der Waals surface area contributed by atoms with Crippen molar-refractivity contribution in [1.82, 2.24) is 9.88 Å². The first-order valence-corrected chi connectivity index (χ1v) is 10.4. The van der Waals surface area contributed by atoms with E-state index in [-0.39, 0.29) is 22.9 Å². The van der Waals surface area contributed by atoms with Crippen molar-refractivity contribution in [3.8, 4) is 0 Å². The van der Waals surface area contributed by atoms with Crippen LogP contribution in [0.4, 0.5) is 0 Å². The van der Waals surface area contributed by atoms with Crippen LogP contribution in [0.25, 0.3) is 10.9 Å². The van der Waals surface area contributed by atoms with Crippen molar-refractivity contribution in [2.45, 2.75) is 37.2 Å². The Bertz CT molecular complexity index is 1070. The number of aryl methyl sites for hydroxylation is 2. The minimum absolute atomic E-state index is 0.170. The Labute approximate surface area is 162 Å². The lowest BCUT2D eigenvalue weighted by molar-refractivity contribution is 0.0938. The number of carbonyl (C=O) groups is 1. The predicted octanol–water partition coefficient (Wildman–Crippen LogP) is 4.16. The smallest absolute Gasteiger partial charge is 0.257 e. The van der Waals surface area contributed by atoms with E-state index in [4.69, 9.17) is 0 Å². The monoisotopic (exact) mass is 378 g/mol. The van der Waals surface area contributed by atoms with Gasteiger partial charge in [-0.05, 0) is 55.3 Å². The van der Waals surface area contributed by atoms with Crippen LogP contribution in [-0.4, -0.2) is 16.7 Å². The van der Waals surface area contributed by atoms with Crippen LogP contribution in [0.3, 0.4) is 0 Å². The SMILES string of the molecule is CSc1ccc([C@H](C)NC(=O)c2cn3c4c(cccc4c2=O)CCC3)cc1. The van der Waals surface area contributed by atoms with Gasteiger partial charge in [0, 0.05) is 23.0 Å². The van der Waals surface area contributed by atoms with Crippen LogP contribution in [-0.2, 0) is 13.0 Å². The number of thioether (sulfide) groups is 1. The number of carbonyl (C=O) groups excluding carboxylic acids is 1. The van der Waals surface area contributed by atoms with Crippen molar-refractivity contribution in [3.63, 3.8) is 0 Å². The molecule has 1 atom stereocenters. The lowest BCUT2D eigenvalue weighted by Gasteiger charge is -2.21. The van der Waals surface area contributed by atoms with Gasteiger partial charge in [0.25, 0.3) is 5.91 Å². The molecule has 1 aromatic heterocycles. The van der Waals surface area contributed by atoms with Gasteiger partial charge in [0.15, 0.2) is 0 Å². The highest BCUT2D eigenvalue weighted by molar-refractivity contribution is 7.98. The molecule has 0 saturated carbocycles. The summed E-state index contributed by atoms with van der Waals surface area (Å²) in [6, 6.07) is 13.7. The third-order valence-electron chi connectivity index (χ3n) is 5.23. The number of hydrogen-bond donors (Lipinski definition) is 1. The van der Waals surface area contributed by atoms with Gasteiger partial charge >= 0.3 is 0 Å². The summed E-state index contributed by atoms with van der Waals surface area (Å²) in [5.74, 6) is -0.317. The Balaban J connectivity index is 1.66. The number of amides is 1. The van der Waals surface area contributed by atoms with Crippen LogP contribution in [0.2, 0.25) is 0 Å². The van der Waals surface area contributed by atoms with E-state index in [1.54, 1.807) is 18.0 Å². The number of rotatable bonds is 4. The summed E-state index contributed by atoms with van der Waals surface area (Å²) in [5.41, 5.74) is 3.21. The molecule has 2 aromatic carbocycles. The van der Waals surface area contributed by atoms with Crippen molar-refractivity contribution in [1.29, 1.82) is 0 Å². The molecule has 138 valence electrons. The summed E-state index contributed by atoms with van der Waals surface area (Å²) in [7, 11) is 0. The third kappa shape index (κ3) is 3.28. The molecule has 0 aliphatic carbocycles. The van der Waals surface area contributed by atoms with E-state index in [0.717, 1.165) is 30.5 Å². The van der Waals surface area contributed by atoms with Crippen LogP contribution in [0.1, 0.15) is 40.9 Å². The number of para-hydroxylation sites is 1. The molecule has 0 unspecified atom stereocenters. The molecule has 0 spiro atoms. The lowest BCUT2D eigenvalue weighted by Crippen LogP contribution is -2.32. The molecule has 27 heavy (non-hydrogen) atoms. The summed E-state index contributed by atoms with van der Waals surface area (Å²) in [4.78, 5) is 27.0. The van der Waals surface area contributed by atoms with Gasteiger partial charge in [0.05, 0.1) is 11.6 Å². The van der Waals surface area contributed by atoms with Crippen LogP contribution in [0.15, 0.2) is 58.4 Å². The molecule has 3 aromatic rings. The average molecular weight is 378 g/mol. The van der Waals surface area contributed by atoms with E-state index < -0.39 is 0 Å². The summed E-state index contributed by atoms with van der Waals surface area (Å²) in [5, 5.41) is 3.62. The van der Waals surface area contributed by atoms with Crippen LogP contribution >= 0.6 is 11.8 Å². The molecule has 1 amide bonds. The molecule has 0 bridgehead atoms. The summed E-state index contributed by atoms with van der Waals surface area (Å²) in [6.07, 6.45) is 5.76. The molecule has 1 aliphatic heterocycles. The number of aromatic nitrogens is 1. The van der Waals surface area contributed by atoms with Gasteiger partial charge in [0.2, 0.25) is 5.43 Å². The molecule has 4 rings (SSSR count). The highest BCUT2D eigenvalue weighted by Gasteiger charge is 2.20. The third-order valence-corrected chi connectivity index (χ3v) is 5.98. The Hall–Kier alpha value is -2.53. The maximum Gasteiger partial charge on any atom is 0.257 e. The average Bonchev–Trinajstić information content (AvgIpc) is 2.70. The van der Waals surface area contributed by atoms with E-state index in [9.17, 15) is 9.59 Å². The minimum atomic E-state index is -0.317. The summed E-state index contributed by atoms with van der Waals surface area (Å²) >= 11 is 1.68. The van der Waals surface area contributed by atoms with E-state index in [1.165, 1.54) is 10.5 Å². The van der Waals surface area contributed by atoms with Crippen molar-refractivity contribution in [2.75, 3.05) is 6.26 Å². The second-order valence-corrected chi connectivity index (χ2v) is 7.83. The highest BCUT2D eigenvalue weighted by Crippen LogP contribution is 2.24. The number of pyridine rings is 1. The van der Waals surface area contributed by atoms with Gasteiger partial charge in [-0.2, -0.15) is 0 Å². The highest BCUT2D eigenvalue weighted by atomic mass is 32.2. The summed E-state index contributed by atoms with van der Waals surface area (Å²) < 4.78 is 2.06. The molecule has 0 fully saturated rings. The first kappa shape index (κ1) is 17.9. The van der Waals surface area contributed by atoms with Crippen molar-refractivity contribution >= 4 is 28.6 Å². The van der Waals surface area contributed by atoms with E-state index in [1.807, 2.05) is 49.6 Å². The Morgan fingerprint density at radius 3 is 2.70 bits per heavy atom. The quantitative estimate of drug-likeness (QED) is 0.694. The molecule has 0 radical (unpaired) electrons. The minimum Gasteiger partial charge on any atom is -0.346 e. The fourth-order valence-corrected chi connectivity index (χ4v) is 4.18. The van der Waals surface area contributed by atoms with Gasteiger partial charge in [-0.15, -0.1) is 11.8 Å². The molecular formula is C22H22N2O2S. The largest absolute Gasteiger partial charge is 0.346 e. The first-order valence-electron chi connectivity index (χ1n) is 9.18. The number of nitrogens with one attached hydrogen (secondary N) is 1. The standard InChI is InChI=1S/C22H22N2O2S/c1-14(15-8-10-17(27-2)11-9-15)23-22(26)19-13-24-12-4-6-16-5-3-7-18(20(16)24)21(19)25/h3,5,7-11,13-14H,4,6,12H2,1-2H3,(H,23,26)/t14-/m0/s1. The molecule has 4 nitrogen and oxygen atoms in total. The van der Waals surface area contributed by atoms with Crippen LogP contribution in [0.5, 0.6) is 0 Å². The molecule has 1 N–H and O–H groups in total. The van der Waals surface area contributed by atoms with Crippen molar-refractivity contribution in [3.05, 3.63) is 75.6 Å². The molecule has 1 aliphatic rings. The number of nitrogens with zero attached hydrogens (tertiary/aromatic N) is 1. The van der Waals surface area contributed by atoms with Gasteiger partial charge in [-0.3, -0.25) is 9.59 Å². The second kappa shape index (κ2) is 7.24. The van der Waals surface area contributed by atoms with E-state index >= 15 is 0 Å². The fraction of sp³-hybridized carbons (Fsp3) is 0.273. The lowest BCUT2D eigenvalue weighted by atomic mass is 9.99. The maximum atomic E-state index is 12.9. The number of hydrogen-bond acceptors (Lipinski definition) is 3. The van der Waals surface area contributed by atoms with Gasteiger partial charge < -0.3 is 9.88 Å². The zero-order valence-corrected chi connectivity index (χ0v) is 16.3. The van der Waals surface area contributed by atoms with Crippen LogP contribution < -0.4 is 10.7 Å². The van der Waals surface area contributed by atoms with Gasteiger partial charge in [-0.25, -0.2) is 0 Å². The zero-order chi connectivity index (χ0) is 19.0. The van der Waals surface area contributed by atoms with E-state index in [0.29, 0.717) is 5.39 Å². The first-order chi connectivity index (χ1) is 13.1. The Morgan fingerprint density at radius 2 is 1.96 bits per heavy atom. The van der Waals surface area contributed by atoms with Gasteiger partial charge in [-0.1, -0.05) is 24.3 Å². The van der Waals surface area contributed by atoms with Crippen molar-refractivity contribution < 1.29 is 4.79 Å². The number of benzene rings is 2. The topological polar surface area (TPSA) is 51.1 Å². The summed E-state index contributed by atoms with van der Waals surface area (Å²) in [6.45, 7) is 2.77. The Kier molecular flexibility index (Phi) is 4.79.